The second-order valence-corrected chi connectivity index (χ2v) is 7.76. The highest BCUT2D eigenvalue weighted by molar-refractivity contribution is 7.99. The Kier molecular flexibility index (Phi) is 5.70. The minimum absolute atomic E-state index is 0.0774. The highest BCUT2D eigenvalue weighted by Crippen LogP contribution is 2.35. The van der Waals surface area contributed by atoms with E-state index < -0.39 is 0 Å². The molecule has 26 heavy (non-hydrogen) atoms. The molecule has 2 heterocycles. The fourth-order valence-corrected chi connectivity index (χ4v) is 3.42. The highest BCUT2D eigenvalue weighted by Gasteiger charge is 2.22. The lowest BCUT2D eigenvalue weighted by Crippen LogP contribution is -2.09. The summed E-state index contributed by atoms with van der Waals surface area (Å²) in [5.74, 6) is 1.83. The monoisotopic (exact) mass is 375 g/mol. The number of benzene rings is 1. The molecule has 0 aliphatic carbocycles. The molecule has 3 aromatic rings. The molecule has 0 radical (unpaired) electrons. The number of nitrogens with zero attached hydrogens (tertiary/aromatic N) is 5. The molecule has 1 atom stereocenters. The second kappa shape index (κ2) is 7.99. The van der Waals surface area contributed by atoms with Crippen molar-refractivity contribution < 1.29 is 8.91 Å². The van der Waals surface area contributed by atoms with Gasteiger partial charge in [0.05, 0.1) is 10.8 Å². The topological polar surface area (TPSA) is 69.6 Å². The van der Waals surface area contributed by atoms with Crippen LogP contribution >= 0.6 is 11.8 Å². The summed E-state index contributed by atoms with van der Waals surface area (Å²) in [5.41, 5.74) is 0.450. The highest BCUT2D eigenvalue weighted by atomic mass is 32.2. The van der Waals surface area contributed by atoms with E-state index in [-0.39, 0.29) is 11.1 Å². The van der Waals surface area contributed by atoms with Crippen LogP contribution in [0.5, 0.6) is 0 Å². The van der Waals surface area contributed by atoms with Gasteiger partial charge in [0.25, 0.3) is 0 Å². The number of hydrogen-bond donors (Lipinski definition) is 0. The molecule has 3 rings (SSSR count). The number of thioether (sulfide) groups is 1. The fraction of sp³-hybridized carbons (Fsp3) is 0.444. The minimum atomic E-state index is -0.306. The van der Waals surface area contributed by atoms with Crippen LogP contribution in [0.4, 0.5) is 4.39 Å². The first-order valence-corrected chi connectivity index (χ1v) is 9.54. The van der Waals surface area contributed by atoms with Crippen molar-refractivity contribution in [1.29, 1.82) is 0 Å². The van der Waals surface area contributed by atoms with Crippen LogP contribution in [0.3, 0.4) is 0 Å². The van der Waals surface area contributed by atoms with Gasteiger partial charge in [0.15, 0.2) is 16.8 Å². The van der Waals surface area contributed by atoms with E-state index in [1.54, 1.807) is 18.2 Å². The molecule has 0 fully saturated rings. The molecule has 0 saturated heterocycles. The van der Waals surface area contributed by atoms with E-state index in [0.717, 1.165) is 6.42 Å². The summed E-state index contributed by atoms with van der Waals surface area (Å²) in [6, 6.07) is 6.62. The minimum Gasteiger partial charge on any atom is -0.338 e. The van der Waals surface area contributed by atoms with Crippen LogP contribution in [0.1, 0.15) is 44.7 Å². The van der Waals surface area contributed by atoms with E-state index in [0.29, 0.717) is 40.7 Å². The Morgan fingerprint density at radius 1 is 1.19 bits per heavy atom. The van der Waals surface area contributed by atoms with Crippen LogP contribution < -0.4 is 0 Å². The van der Waals surface area contributed by atoms with Crippen molar-refractivity contribution in [2.24, 2.45) is 5.92 Å². The molecule has 1 aromatic carbocycles. The van der Waals surface area contributed by atoms with E-state index in [2.05, 4.69) is 34.2 Å². The largest absolute Gasteiger partial charge is 0.338 e. The van der Waals surface area contributed by atoms with Crippen molar-refractivity contribution in [3.8, 4) is 11.4 Å². The molecule has 0 amide bonds. The average Bonchev–Trinajstić information content (AvgIpc) is 3.23. The van der Waals surface area contributed by atoms with Crippen LogP contribution in [0, 0.1) is 11.7 Å². The van der Waals surface area contributed by atoms with Crippen LogP contribution in [0.2, 0.25) is 0 Å². The summed E-state index contributed by atoms with van der Waals surface area (Å²) in [4.78, 5) is 4.38. The lowest BCUT2D eigenvalue weighted by Gasteiger charge is -2.14. The van der Waals surface area contributed by atoms with Crippen molar-refractivity contribution >= 4 is 11.8 Å². The summed E-state index contributed by atoms with van der Waals surface area (Å²) in [5, 5.41) is 13.1. The maximum absolute atomic E-state index is 14.3. The Balaban J connectivity index is 1.93. The van der Waals surface area contributed by atoms with Crippen LogP contribution in [-0.4, -0.2) is 24.9 Å². The van der Waals surface area contributed by atoms with E-state index >= 15 is 0 Å². The van der Waals surface area contributed by atoms with E-state index in [1.807, 2.05) is 18.4 Å². The molecule has 8 heteroatoms. The van der Waals surface area contributed by atoms with Crippen molar-refractivity contribution in [3.05, 3.63) is 41.8 Å². The first kappa shape index (κ1) is 18.6. The Morgan fingerprint density at radius 2 is 1.96 bits per heavy atom. The standard InChI is InChI=1S/C18H22FN5OS/c1-5-15-20-17(25-23-15)12(4)26-18-22-21-16(24(18)10-11(2)3)13-8-6-7-9-14(13)19/h6-9,11-12H,5,10H2,1-4H3. The fourth-order valence-electron chi connectivity index (χ4n) is 2.53. The predicted molar refractivity (Wildman–Crippen MR) is 98.2 cm³/mol. The van der Waals surface area contributed by atoms with Gasteiger partial charge in [-0.25, -0.2) is 4.39 Å². The lowest BCUT2D eigenvalue weighted by atomic mass is 10.2. The Morgan fingerprint density at radius 3 is 2.62 bits per heavy atom. The number of hydrogen-bond acceptors (Lipinski definition) is 6. The van der Waals surface area contributed by atoms with Gasteiger partial charge in [-0.15, -0.1) is 10.2 Å². The first-order valence-electron chi connectivity index (χ1n) is 8.66. The van der Waals surface area contributed by atoms with Crippen molar-refractivity contribution in [1.82, 2.24) is 24.9 Å². The quantitative estimate of drug-likeness (QED) is 0.565. The van der Waals surface area contributed by atoms with Crippen molar-refractivity contribution in [2.75, 3.05) is 0 Å². The van der Waals surface area contributed by atoms with Gasteiger partial charge in [-0.1, -0.05) is 49.8 Å². The van der Waals surface area contributed by atoms with Crippen LogP contribution in [-0.2, 0) is 13.0 Å². The normalized spacial score (nSPS) is 12.7. The van der Waals surface area contributed by atoms with Gasteiger partial charge >= 0.3 is 0 Å². The van der Waals surface area contributed by atoms with Gasteiger partial charge in [0.2, 0.25) is 5.89 Å². The summed E-state index contributed by atoms with van der Waals surface area (Å²) in [6.07, 6.45) is 0.724. The third-order valence-electron chi connectivity index (χ3n) is 3.81. The van der Waals surface area contributed by atoms with E-state index in [4.69, 9.17) is 4.52 Å². The SMILES string of the molecule is CCc1noc(C(C)Sc2nnc(-c3ccccc3F)n2CC(C)C)n1. The van der Waals surface area contributed by atoms with Gasteiger partial charge in [0, 0.05) is 13.0 Å². The van der Waals surface area contributed by atoms with Gasteiger partial charge in [-0.2, -0.15) is 4.98 Å². The predicted octanol–water partition coefficient (Wildman–Crippen LogP) is 4.54. The first-order chi connectivity index (χ1) is 12.5. The number of aryl methyl sites for hydroxylation is 1. The molecule has 138 valence electrons. The molecular weight excluding hydrogens is 353 g/mol. The average molecular weight is 375 g/mol. The van der Waals surface area contributed by atoms with Gasteiger partial charge in [0.1, 0.15) is 5.82 Å². The summed E-state index contributed by atoms with van der Waals surface area (Å²) in [7, 11) is 0. The molecule has 0 aliphatic heterocycles. The number of aromatic nitrogens is 5. The van der Waals surface area contributed by atoms with Gasteiger partial charge in [-0.05, 0) is 25.0 Å². The second-order valence-electron chi connectivity index (χ2n) is 6.45. The Labute approximate surface area is 156 Å². The van der Waals surface area contributed by atoms with Crippen molar-refractivity contribution in [3.63, 3.8) is 0 Å². The van der Waals surface area contributed by atoms with Crippen LogP contribution in [0.25, 0.3) is 11.4 Å². The summed E-state index contributed by atoms with van der Waals surface area (Å²) in [6.45, 7) is 8.86. The van der Waals surface area contributed by atoms with Crippen LogP contribution in [0.15, 0.2) is 33.9 Å². The number of rotatable bonds is 7. The summed E-state index contributed by atoms with van der Waals surface area (Å²) < 4.78 is 21.5. The third kappa shape index (κ3) is 3.95. The summed E-state index contributed by atoms with van der Waals surface area (Å²) >= 11 is 1.48. The molecule has 0 spiro atoms. The van der Waals surface area contributed by atoms with Gasteiger partial charge in [-0.3, -0.25) is 0 Å². The van der Waals surface area contributed by atoms with E-state index in [9.17, 15) is 4.39 Å². The molecule has 1 unspecified atom stereocenters. The maximum atomic E-state index is 14.3. The molecule has 0 aliphatic rings. The molecule has 0 bridgehead atoms. The number of halogens is 1. The third-order valence-corrected chi connectivity index (χ3v) is 4.88. The molecule has 0 saturated carbocycles. The van der Waals surface area contributed by atoms with E-state index in [1.165, 1.54) is 17.8 Å². The van der Waals surface area contributed by atoms with Gasteiger partial charge < -0.3 is 9.09 Å². The lowest BCUT2D eigenvalue weighted by molar-refractivity contribution is 0.375. The smallest absolute Gasteiger partial charge is 0.239 e. The molecule has 6 nitrogen and oxygen atoms in total. The molecular formula is C18H22FN5OS. The zero-order valence-corrected chi connectivity index (χ0v) is 16.1. The zero-order chi connectivity index (χ0) is 18.7. The Hall–Kier alpha value is -2.22. The maximum Gasteiger partial charge on any atom is 0.239 e. The van der Waals surface area contributed by atoms with Crippen molar-refractivity contribution in [2.45, 2.75) is 51.1 Å². The zero-order valence-electron chi connectivity index (χ0n) is 15.3. The molecule has 2 aromatic heterocycles. The Bertz CT molecular complexity index is 876. The molecule has 0 N–H and O–H groups in total.